The third-order valence-corrected chi connectivity index (χ3v) is 5.90. The molecule has 1 aliphatic rings. The molecule has 26 heavy (non-hydrogen) atoms. The minimum absolute atomic E-state index is 0.0335. The van der Waals surface area contributed by atoms with Gasteiger partial charge in [-0.3, -0.25) is 9.59 Å². The average molecular weight is 398 g/mol. The standard InChI is InChI=1S/C16H16ClN3O5S/c17-11-3-1-10(2-4-11)14-7-13(20-25-14)16(22)18-8-15(21)19-12-5-6-26(23,24)9-12/h1-4,7,12H,5-6,8-9H2,(H,18,22)(H,19,21). The summed E-state index contributed by atoms with van der Waals surface area (Å²) in [6, 6.07) is 7.88. The molecule has 1 unspecified atom stereocenters. The Bertz CT molecular complexity index is 924. The van der Waals surface area contributed by atoms with Crippen molar-refractivity contribution in [1.29, 1.82) is 0 Å². The van der Waals surface area contributed by atoms with Gasteiger partial charge in [0.25, 0.3) is 5.91 Å². The smallest absolute Gasteiger partial charge is 0.273 e. The average Bonchev–Trinajstić information content (AvgIpc) is 3.20. The van der Waals surface area contributed by atoms with E-state index in [0.29, 0.717) is 22.8 Å². The number of carbonyl (C=O) groups excluding carboxylic acids is 2. The van der Waals surface area contributed by atoms with Gasteiger partial charge in [0, 0.05) is 22.7 Å². The van der Waals surface area contributed by atoms with E-state index in [1.165, 1.54) is 6.07 Å². The number of rotatable bonds is 5. The maximum atomic E-state index is 12.1. The van der Waals surface area contributed by atoms with Crippen LogP contribution in [0.5, 0.6) is 0 Å². The normalized spacial score (nSPS) is 18.4. The summed E-state index contributed by atoms with van der Waals surface area (Å²) in [5.74, 6) is -0.630. The molecular weight excluding hydrogens is 382 g/mol. The maximum absolute atomic E-state index is 12.1. The fourth-order valence-corrected chi connectivity index (χ4v) is 4.37. The van der Waals surface area contributed by atoms with E-state index in [1.54, 1.807) is 24.3 Å². The van der Waals surface area contributed by atoms with Crippen LogP contribution in [0.15, 0.2) is 34.9 Å². The van der Waals surface area contributed by atoms with Crippen LogP contribution >= 0.6 is 11.6 Å². The van der Waals surface area contributed by atoms with Crippen molar-refractivity contribution in [2.24, 2.45) is 0 Å². The maximum Gasteiger partial charge on any atom is 0.273 e. The topological polar surface area (TPSA) is 118 Å². The lowest BCUT2D eigenvalue weighted by Gasteiger charge is -2.10. The zero-order chi connectivity index (χ0) is 18.7. The lowest BCUT2D eigenvalue weighted by molar-refractivity contribution is -0.120. The number of amides is 2. The van der Waals surface area contributed by atoms with Gasteiger partial charge in [-0.2, -0.15) is 0 Å². The first kappa shape index (κ1) is 18.4. The van der Waals surface area contributed by atoms with Crippen molar-refractivity contribution in [3.63, 3.8) is 0 Å². The second-order valence-corrected chi connectivity index (χ2v) is 8.60. The number of carbonyl (C=O) groups is 2. The molecule has 0 aliphatic carbocycles. The fourth-order valence-electron chi connectivity index (χ4n) is 2.57. The molecular formula is C16H16ClN3O5S. The van der Waals surface area contributed by atoms with E-state index in [9.17, 15) is 18.0 Å². The summed E-state index contributed by atoms with van der Waals surface area (Å²) < 4.78 is 27.9. The monoisotopic (exact) mass is 397 g/mol. The Labute approximate surface area is 154 Å². The quantitative estimate of drug-likeness (QED) is 0.777. The summed E-state index contributed by atoms with van der Waals surface area (Å²) in [6.45, 7) is -0.279. The molecule has 2 amide bonds. The van der Waals surface area contributed by atoms with Crippen molar-refractivity contribution < 1.29 is 22.5 Å². The highest BCUT2D eigenvalue weighted by molar-refractivity contribution is 7.91. The van der Waals surface area contributed by atoms with E-state index in [1.807, 2.05) is 0 Å². The first-order chi connectivity index (χ1) is 12.3. The Hall–Kier alpha value is -2.39. The van der Waals surface area contributed by atoms with Gasteiger partial charge in [0.15, 0.2) is 21.3 Å². The van der Waals surface area contributed by atoms with Crippen molar-refractivity contribution >= 4 is 33.3 Å². The molecule has 1 aliphatic heterocycles. The molecule has 138 valence electrons. The third kappa shape index (κ3) is 4.61. The van der Waals surface area contributed by atoms with Gasteiger partial charge in [-0.05, 0) is 30.7 Å². The van der Waals surface area contributed by atoms with E-state index in [-0.39, 0.29) is 23.7 Å². The van der Waals surface area contributed by atoms with Crippen molar-refractivity contribution in [2.75, 3.05) is 18.1 Å². The second-order valence-electron chi connectivity index (χ2n) is 5.93. The minimum atomic E-state index is -3.07. The molecule has 8 nitrogen and oxygen atoms in total. The molecule has 2 aromatic rings. The van der Waals surface area contributed by atoms with Gasteiger partial charge >= 0.3 is 0 Å². The predicted octanol–water partition coefficient (Wildman–Crippen LogP) is 1.03. The first-order valence-electron chi connectivity index (χ1n) is 7.83. The van der Waals surface area contributed by atoms with Gasteiger partial charge in [0.2, 0.25) is 5.91 Å². The van der Waals surface area contributed by atoms with Crippen molar-refractivity contribution in [2.45, 2.75) is 12.5 Å². The van der Waals surface area contributed by atoms with E-state index < -0.39 is 27.7 Å². The van der Waals surface area contributed by atoms with Crippen LogP contribution in [0, 0.1) is 0 Å². The lowest BCUT2D eigenvalue weighted by Crippen LogP contribution is -2.42. The van der Waals surface area contributed by atoms with Crippen LogP contribution in [-0.4, -0.2) is 49.5 Å². The number of hydrogen-bond acceptors (Lipinski definition) is 6. The molecule has 0 saturated carbocycles. The number of nitrogens with zero attached hydrogens (tertiary/aromatic N) is 1. The van der Waals surface area contributed by atoms with Crippen molar-refractivity contribution in [1.82, 2.24) is 15.8 Å². The molecule has 2 heterocycles. The molecule has 1 aromatic heterocycles. The SMILES string of the molecule is O=C(CNC(=O)c1cc(-c2ccc(Cl)cc2)on1)NC1CCS(=O)(=O)C1. The van der Waals surface area contributed by atoms with Gasteiger partial charge in [0.1, 0.15) is 0 Å². The molecule has 0 bridgehead atoms. The third-order valence-electron chi connectivity index (χ3n) is 3.88. The second kappa shape index (κ2) is 7.46. The summed E-state index contributed by atoms with van der Waals surface area (Å²) in [5, 5.41) is 9.27. The molecule has 1 fully saturated rings. The molecule has 3 rings (SSSR count). The molecule has 0 radical (unpaired) electrons. The van der Waals surface area contributed by atoms with E-state index in [4.69, 9.17) is 16.1 Å². The van der Waals surface area contributed by atoms with E-state index >= 15 is 0 Å². The molecule has 1 aromatic carbocycles. The summed E-state index contributed by atoms with van der Waals surface area (Å²) in [7, 11) is -3.07. The zero-order valence-electron chi connectivity index (χ0n) is 13.6. The summed E-state index contributed by atoms with van der Waals surface area (Å²) in [5.41, 5.74) is 0.743. The van der Waals surface area contributed by atoms with Crippen LogP contribution in [0.3, 0.4) is 0 Å². The van der Waals surface area contributed by atoms with E-state index in [0.717, 1.165) is 0 Å². The molecule has 0 spiro atoms. The van der Waals surface area contributed by atoms with Gasteiger partial charge in [-0.1, -0.05) is 16.8 Å². The highest BCUT2D eigenvalue weighted by atomic mass is 35.5. The van der Waals surface area contributed by atoms with Crippen molar-refractivity contribution in [3.05, 3.63) is 41.0 Å². The Kier molecular flexibility index (Phi) is 5.28. The Morgan fingerprint density at radius 1 is 1.27 bits per heavy atom. The minimum Gasteiger partial charge on any atom is -0.355 e. The van der Waals surface area contributed by atoms with Gasteiger partial charge in [-0.15, -0.1) is 0 Å². The van der Waals surface area contributed by atoms with Crippen LogP contribution in [0.1, 0.15) is 16.9 Å². The van der Waals surface area contributed by atoms with Crippen LogP contribution in [-0.2, 0) is 14.6 Å². The highest BCUT2D eigenvalue weighted by Gasteiger charge is 2.28. The zero-order valence-corrected chi connectivity index (χ0v) is 15.1. The van der Waals surface area contributed by atoms with Crippen LogP contribution in [0.4, 0.5) is 0 Å². The number of benzene rings is 1. The predicted molar refractivity (Wildman–Crippen MR) is 94.5 cm³/mol. The summed E-state index contributed by atoms with van der Waals surface area (Å²) >= 11 is 5.82. The van der Waals surface area contributed by atoms with Crippen molar-refractivity contribution in [3.8, 4) is 11.3 Å². The Morgan fingerprint density at radius 2 is 2.00 bits per heavy atom. The van der Waals surface area contributed by atoms with Crippen LogP contribution in [0.2, 0.25) is 5.02 Å². The molecule has 2 N–H and O–H groups in total. The lowest BCUT2D eigenvalue weighted by atomic mass is 10.1. The largest absolute Gasteiger partial charge is 0.355 e. The summed E-state index contributed by atoms with van der Waals surface area (Å²) in [6.07, 6.45) is 0.385. The van der Waals surface area contributed by atoms with Crippen LogP contribution < -0.4 is 10.6 Å². The number of nitrogens with one attached hydrogen (secondary N) is 2. The van der Waals surface area contributed by atoms with Gasteiger partial charge in [0.05, 0.1) is 18.1 Å². The number of hydrogen-bond donors (Lipinski definition) is 2. The van der Waals surface area contributed by atoms with Gasteiger partial charge in [-0.25, -0.2) is 8.42 Å². The number of aromatic nitrogens is 1. The fraction of sp³-hybridized carbons (Fsp3) is 0.312. The number of halogens is 1. The van der Waals surface area contributed by atoms with E-state index in [2.05, 4.69) is 15.8 Å². The number of sulfone groups is 1. The highest BCUT2D eigenvalue weighted by Crippen LogP contribution is 2.22. The Morgan fingerprint density at radius 3 is 2.65 bits per heavy atom. The molecule has 10 heteroatoms. The molecule has 1 saturated heterocycles. The summed E-state index contributed by atoms with van der Waals surface area (Å²) in [4.78, 5) is 23.9. The van der Waals surface area contributed by atoms with Crippen LogP contribution in [0.25, 0.3) is 11.3 Å². The first-order valence-corrected chi connectivity index (χ1v) is 10.0. The molecule has 1 atom stereocenters. The van der Waals surface area contributed by atoms with Gasteiger partial charge < -0.3 is 15.2 Å². The Balaban J connectivity index is 1.52.